The van der Waals surface area contributed by atoms with Crippen molar-refractivity contribution in [2.75, 3.05) is 14.1 Å². The van der Waals surface area contributed by atoms with Gasteiger partial charge >= 0.3 is 5.97 Å². The first kappa shape index (κ1) is 15.1. The van der Waals surface area contributed by atoms with Crippen molar-refractivity contribution in [1.82, 2.24) is 19.9 Å². The Hall–Kier alpha value is -1.92. The Balaban J connectivity index is 2.88. The minimum absolute atomic E-state index is 0.0222. The van der Waals surface area contributed by atoms with Gasteiger partial charge in [0.2, 0.25) is 5.91 Å². The monoisotopic (exact) mass is 268 g/mol. The first-order chi connectivity index (χ1) is 8.82. The third-order valence-corrected chi connectivity index (χ3v) is 2.68. The van der Waals surface area contributed by atoms with Gasteiger partial charge in [-0.1, -0.05) is 19.1 Å². The standard InChI is InChI=1S/C12H20N4O3/c1-8(2)7-9-11(12(18)19)13-14-16(9)6-5-10(17)15(3)4/h8H,5-7H2,1-4H3,(H,18,19). The Morgan fingerprint density at radius 3 is 2.47 bits per heavy atom. The van der Waals surface area contributed by atoms with E-state index >= 15 is 0 Å². The van der Waals surface area contributed by atoms with Gasteiger partial charge in [0.05, 0.1) is 12.2 Å². The number of rotatable bonds is 6. The summed E-state index contributed by atoms with van der Waals surface area (Å²) in [7, 11) is 3.36. The molecule has 19 heavy (non-hydrogen) atoms. The number of nitrogens with zero attached hydrogens (tertiary/aromatic N) is 4. The number of amides is 1. The lowest BCUT2D eigenvalue weighted by Crippen LogP contribution is -2.23. The van der Waals surface area contributed by atoms with Crippen molar-refractivity contribution in [2.24, 2.45) is 5.92 Å². The summed E-state index contributed by atoms with van der Waals surface area (Å²) >= 11 is 0. The minimum Gasteiger partial charge on any atom is -0.476 e. The summed E-state index contributed by atoms with van der Waals surface area (Å²) in [5.41, 5.74) is 0.556. The highest BCUT2D eigenvalue weighted by atomic mass is 16.4. The van der Waals surface area contributed by atoms with Crippen molar-refractivity contribution in [2.45, 2.75) is 33.2 Å². The number of hydrogen-bond donors (Lipinski definition) is 1. The van der Waals surface area contributed by atoms with E-state index in [1.165, 1.54) is 9.58 Å². The lowest BCUT2D eigenvalue weighted by molar-refractivity contribution is -0.128. The smallest absolute Gasteiger partial charge is 0.358 e. The van der Waals surface area contributed by atoms with Gasteiger partial charge in [-0.15, -0.1) is 5.10 Å². The molecule has 0 aliphatic carbocycles. The van der Waals surface area contributed by atoms with Crippen LogP contribution in [0.25, 0.3) is 0 Å². The molecule has 7 nitrogen and oxygen atoms in total. The van der Waals surface area contributed by atoms with Crippen molar-refractivity contribution in [3.05, 3.63) is 11.4 Å². The molecular weight excluding hydrogens is 248 g/mol. The maximum Gasteiger partial charge on any atom is 0.358 e. The van der Waals surface area contributed by atoms with Crippen LogP contribution in [0.15, 0.2) is 0 Å². The van der Waals surface area contributed by atoms with E-state index in [0.29, 0.717) is 24.6 Å². The largest absolute Gasteiger partial charge is 0.476 e. The molecule has 1 rings (SSSR count). The van der Waals surface area contributed by atoms with Crippen LogP contribution in [-0.4, -0.2) is 51.0 Å². The highest BCUT2D eigenvalue weighted by molar-refractivity contribution is 5.86. The van der Waals surface area contributed by atoms with E-state index in [0.717, 1.165) is 0 Å². The van der Waals surface area contributed by atoms with Crippen LogP contribution in [0.1, 0.15) is 36.5 Å². The van der Waals surface area contributed by atoms with Crippen LogP contribution in [0, 0.1) is 5.92 Å². The quantitative estimate of drug-likeness (QED) is 0.818. The van der Waals surface area contributed by atoms with Gasteiger partial charge in [-0.25, -0.2) is 9.48 Å². The zero-order valence-electron chi connectivity index (χ0n) is 11.8. The number of aromatic nitrogens is 3. The molecule has 106 valence electrons. The highest BCUT2D eigenvalue weighted by Gasteiger charge is 2.20. The number of aromatic carboxylic acids is 1. The topological polar surface area (TPSA) is 88.3 Å². The Morgan fingerprint density at radius 2 is 2.00 bits per heavy atom. The third kappa shape index (κ3) is 4.04. The average Bonchev–Trinajstić information content (AvgIpc) is 2.68. The van der Waals surface area contributed by atoms with E-state index in [1.54, 1.807) is 14.1 Å². The zero-order chi connectivity index (χ0) is 14.6. The van der Waals surface area contributed by atoms with Crippen LogP contribution in [0.2, 0.25) is 0 Å². The number of carboxylic acids is 1. The second-order valence-electron chi connectivity index (χ2n) is 5.05. The molecule has 0 fully saturated rings. The van der Waals surface area contributed by atoms with Crippen molar-refractivity contribution < 1.29 is 14.7 Å². The van der Waals surface area contributed by atoms with Crippen molar-refractivity contribution in [1.29, 1.82) is 0 Å². The van der Waals surface area contributed by atoms with E-state index in [-0.39, 0.29) is 18.0 Å². The number of hydrogen-bond acceptors (Lipinski definition) is 4. The van der Waals surface area contributed by atoms with Crippen LogP contribution in [0.4, 0.5) is 0 Å². The summed E-state index contributed by atoms with van der Waals surface area (Å²) in [6, 6.07) is 0. The average molecular weight is 268 g/mol. The van der Waals surface area contributed by atoms with Crippen molar-refractivity contribution in [3.63, 3.8) is 0 Å². The molecule has 0 aliphatic rings. The van der Waals surface area contributed by atoms with Crippen LogP contribution in [0.5, 0.6) is 0 Å². The Kier molecular flexibility index (Phi) is 5.02. The van der Waals surface area contributed by atoms with E-state index in [2.05, 4.69) is 10.3 Å². The fourth-order valence-electron chi connectivity index (χ4n) is 1.69. The molecule has 0 aliphatic heterocycles. The van der Waals surface area contributed by atoms with Gasteiger partial charge in [0.25, 0.3) is 0 Å². The number of carbonyl (C=O) groups is 2. The Labute approximate surface area is 112 Å². The molecule has 0 radical (unpaired) electrons. The fourth-order valence-corrected chi connectivity index (χ4v) is 1.69. The maximum atomic E-state index is 11.5. The first-order valence-electron chi connectivity index (χ1n) is 6.18. The number of carbonyl (C=O) groups excluding carboxylic acids is 1. The highest BCUT2D eigenvalue weighted by Crippen LogP contribution is 2.12. The van der Waals surface area contributed by atoms with Gasteiger partial charge in [0.1, 0.15) is 0 Å². The lowest BCUT2D eigenvalue weighted by atomic mass is 10.1. The summed E-state index contributed by atoms with van der Waals surface area (Å²) < 4.78 is 1.52. The first-order valence-corrected chi connectivity index (χ1v) is 6.18. The second kappa shape index (κ2) is 6.31. The fraction of sp³-hybridized carbons (Fsp3) is 0.667. The van der Waals surface area contributed by atoms with E-state index < -0.39 is 5.97 Å². The molecule has 0 atom stereocenters. The molecule has 0 bridgehead atoms. The summed E-state index contributed by atoms with van der Waals surface area (Å²) in [5, 5.41) is 16.6. The lowest BCUT2D eigenvalue weighted by Gasteiger charge is -2.12. The van der Waals surface area contributed by atoms with Crippen LogP contribution >= 0.6 is 0 Å². The van der Waals surface area contributed by atoms with Gasteiger partial charge in [-0.2, -0.15) is 0 Å². The molecular formula is C12H20N4O3. The van der Waals surface area contributed by atoms with Gasteiger partial charge in [0.15, 0.2) is 5.69 Å². The molecule has 0 aromatic carbocycles. The number of carboxylic acid groups (broad SMARTS) is 1. The summed E-state index contributed by atoms with van der Waals surface area (Å²) in [6.45, 7) is 4.33. The molecule has 7 heteroatoms. The normalized spacial score (nSPS) is 10.8. The van der Waals surface area contributed by atoms with Gasteiger partial charge < -0.3 is 10.0 Å². The molecule has 1 aromatic heterocycles. The van der Waals surface area contributed by atoms with Crippen LogP contribution in [0.3, 0.4) is 0 Å². The van der Waals surface area contributed by atoms with E-state index in [1.807, 2.05) is 13.8 Å². The summed E-state index contributed by atoms with van der Waals surface area (Å²) in [5.74, 6) is -0.816. The Bertz CT molecular complexity index is 466. The predicted octanol–water partition coefficient (Wildman–Crippen LogP) is 0.653. The van der Waals surface area contributed by atoms with Crippen molar-refractivity contribution >= 4 is 11.9 Å². The zero-order valence-corrected chi connectivity index (χ0v) is 11.8. The predicted molar refractivity (Wildman–Crippen MR) is 68.8 cm³/mol. The molecule has 1 aromatic rings. The van der Waals surface area contributed by atoms with Gasteiger partial charge in [-0.05, 0) is 12.3 Å². The molecule has 0 spiro atoms. The maximum absolute atomic E-state index is 11.5. The Morgan fingerprint density at radius 1 is 1.37 bits per heavy atom. The van der Waals surface area contributed by atoms with Crippen LogP contribution < -0.4 is 0 Å². The third-order valence-electron chi connectivity index (χ3n) is 2.68. The minimum atomic E-state index is -1.08. The van der Waals surface area contributed by atoms with Crippen molar-refractivity contribution in [3.8, 4) is 0 Å². The second-order valence-corrected chi connectivity index (χ2v) is 5.05. The number of aryl methyl sites for hydroxylation is 1. The SMILES string of the molecule is CC(C)Cc1c(C(=O)O)nnn1CCC(=O)N(C)C. The molecule has 1 amide bonds. The molecule has 1 N–H and O–H groups in total. The molecule has 0 saturated carbocycles. The van der Waals surface area contributed by atoms with Gasteiger partial charge in [-0.3, -0.25) is 4.79 Å². The summed E-state index contributed by atoms with van der Waals surface area (Å²) in [4.78, 5) is 24.1. The van der Waals surface area contributed by atoms with Crippen LogP contribution in [-0.2, 0) is 17.8 Å². The summed E-state index contributed by atoms with van der Waals surface area (Å²) in [6.07, 6.45) is 0.852. The molecule has 0 saturated heterocycles. The molecule has 0 unspecified atom stereocenters. The van der Waals surface area contributed by atoms with E-state index in [4.69, 9.17) is 5.11 Å². The molecule has 1 heterocycles. The van der Waals surface area contributed by atoms with E-state index in [9.17, 15) is 9.59 Å². The van der Waals surface area contributed by atoms with Gasteiger partial charge in [0, 0.05) is 20.5 Å².